The molecule has 0 amide bonds. The molecule has 0 aliphatic carbocycles. The third kappa shape index (κ3) is 3.73. The Balaban J connectivity index is 2.17. The van der Waals surface area contributed by atoms with E-state index >= 15 is 0 Å². The number of aromatic nitrogens is 1. The van der Waals surface area contributed by atoms with Crippen LogP contribution in [0.5, 0.6) is 0 Å². The fraction of sp³-hybridized carbons (Fsp3) is 0.583. The molecule has 2 N–H and O–H groups in total. The molecule has 1 aromatic rings. The molecule has 1 fully saturated rings. The molecule has 1 saturated heterocycles. The van der Waals surface area contributed by atoms with Gasteiger partial charge in [-0.3, -0.25) is 14.9 Å². The van der Waals surface area contributed by atoms with Crippen molar-refractivity contribution in [2.45, 2.75) is 37.3 Å². The summed E-state index contributed by atoms with van der Waals surface area (Å²) in [6, 6.07) is 3.17. The van der Waals surface area contributed by atoms with Gasteiger partial charge in [0.25, 0.3) is 10.1 Å². The zero-order chi connectivity index (χ0) is 14.1. The number of nitrogens with zero attached hydrogens (tertiary/aromatic N) is 1. The van der Waals surface area contributed by atoms with Crippen LogP contribution >= 0.6 is 0 Å². The highest BCUT2D eigenvalue weighted by Crippen LogP contribution is 2.29. The van der Waals surface area contributed by atoms with Crippen molar-refractivity contribution < 1.29 is 17.7 Å². The quantitative estimate of drug-likeness (QED) is 0.807. The average Bonchev–Trinajstić information content (AvgIpc) is 2.65. The fourth-order valence-corrected chi connectivity index (χ4v) is 3.22. The summed E-state index contributed by atoms with van der Waals surface area (Å²) in [5.41, 5.74) is 0.0140. The molecule has 0 unspecified atom stereocenters. The van der Waals surface area contributed by atoms with E-state index in [0.717, 1.165) is 0 Å². The van der Waals surface area contributed by atoms with Gasteiger partial charge in [-0.1, -0.05) is 6.07 Å². The number of nitrogens with one attached hydrogen (secondary N) is 1. The summed E-state index contributed by atoms with van der Waals surface area (Å²) in [7, 11) is -4.18. The lowest BCUT2D eigenvalue weighted by Crippen LogP contribution is -2.39. The van der Waals surface area contributed by atoms with Crippen molar-refractivity contribution in [1.29, 1.82) is 0 Å². The molecule has 2 heterocycles. The second kappa shape index (κ2) is 5.16. The molecule has 2 rings (SSSR count). The second-order valence-corrected chi connectivity index (χ2v) is 6.79. The van der Waals surface area contributed by atoms with Crippen LogP contribution in [0.15, 0.2) is 24.5 Å². The standard InChI is InChI=1S/C12H18N2O4S/c1-12(2)14-10(8-18-12)6-11(19(15,16)17)9-4-3-5-13-7-9/h3-5,7,10-11,14H,6,8H2,1-2H3,(H,15,16,17)/t10-,11+/m0/s1. The molecule has 106 valence electrons. The summed E-state index contributed by atoms with van der Waals surface area (Å²) in [5, 5.41) is 2.19. The molecule has 1 aliphatic rings. The van der Waals surface area contributed by atoms with Crippen molar-refractivity contribution >= 4 is 10.1 Å². The highest BCUT2D eigenvalue weighted by molar-refractivity contribution is 7.86. The molecule has 19 heavy (non-hydrogen) atoms. The second-order valence-electron chi connectivity index (χ2n) is 5.19. The van der Waals surface area contributed by atoms with Crippen LogP contribution in [0, 0.1) is 0 Å². The molecule has 0 radical (unpaired) electrons. The summed E-state index contributed by atoms with van der Waals surface area (Å²) >= 11 is 0. The first-order valence-corrected chi connectivity index (χ1v) is 7.56. The molecule has 0 bridgehead atoms. The SMILES string of the molecule is CC1(C)N[C@@H](C[C@H](c2cccnc2)S(=O)(=O)O)CO1. The molecule has 1 aromatic heterocycles. The fourth-order valence-electron chi connectivity index (χ4n) is 2.27. The lowest BCUT2D eigenvalue weighted by molar-refractivity contribution is 0.0231. The monoisotopic (exact) mass is 286 g/mol. The highest BCUT2D eigenvalue weighted by Gasteiger charge is 2.36. The first-order valence-electron chi connectivity index (χ1n) is 6.06. The molecule has 0 aromatic carbocycles. The van der Waals surface area contributed by atoms with Gasteiger partial charge in [0, 0.05) is 18.4 Å². The number of hydrogen-bond donors (Lipinski definition) is 2. The van der Waals surface area contributed by atoms with Gasteiger partial charge >= 0.3 is 0 Å². The van der Waals surface area contributed by atoms with Crippen LogP contribution in [0.4, 0.5) is 0 Å². The Hall–Kier alpha value is -1.02. The van der Waals surface area contributed by atoms with E-state index in [2.05, 4.69) is 10.3 Å². The summed E-state index contributed by atoms with van der Waals surface area (Å²) < 4.78 is 38.0. The van der Waals surface area contributed by atoms with E-state index in [0.29, 0.717) is 12.2 Å². The molecule has 2 atom stereocenters. The summed E-state index contributed by atoms with van der Waals surface area (Å²) in [4.78, 5) is 3.90. The van der Waals surface area contributed by atoms with Gasteiger partial charge in [-0.25, -0.2) is 0 Å². The van der Waals surface area contributed by atoms with Crippen LogP contribution in [0.25, 0.3) is 0 Å². The molecular weight excluding hydrogens is 268 g/mol. The van der Waals surface area contributed by atoms with Gasteiger partial charge in [-0.2, -0.15) is 8.42 Å². The van der Waals surface area contributed by atoms with E-state index in [9.17, 15) is 13.0 Å². The molecule has 7 heteroatoms. The maximum Gasteiger partial charge on any atom is 0.272 e. The van der Waals surface area contributed by atoms with Gasteiger partial charge in [0.2, 0.25) is 0 Å². The molecular formula is C12H18N2O4S. The van der Waals surface area contributed by atoms with Crippen LogP contribution in [0.3, 0.4) is 0 Å². The van der Waals surface area contributed by atoms with Crippen LogP contribution in [0.2, 0.25) is 0 Å². The van der Waals surface area contributed by atoms with Crippen molar-refractivity contribution in [3.8, 4) is 0 Å². The summed E-state index contributed by atoms with van der Waals surface area (Å²) in [6.45, 7) is 4.17. The van der Waals surface area contributed by atoms with Crippen molar-refractivity contribution in [1.82, 2.24) is 10.3 Å². The molecule has 1 aliphatic heterocycles. The number of hydrogen-bond acceptors (Lipinski definition) is 5. The third-order valence-corrected chi connectivity index (χ3v) is 4.30. The Morgan fingerprint density at radius 1 is 1.63 bits per heavy atom. The number of pyridine rings is 1. The van der Waals surface area contributed by atoms with Gasteiger partial charge < -0.3 is 4.74 Å². The molecule has 0 spiro atoms. The van der Waals surface area contributed by atoms with E-state index in [4.69, 9.17) is 4.74 Å². The van der Waals surface area contributed by atoms with E-state index < -0.39 is 21.1 Å². The van der Waals surface area contributed by atoms with E-state index in [-0.39, 0.29) is 12.5 Å². The predicted molar refractivity (Wildman–Crippen MR) is 70.1 cm³/mol. The Morgan fingerprint density at radius 3 is 2.84 bits per heavy atom. The van der Waals surface area contributed by atoms with E-state index in [1.807, 2.05) is 13.8 Å². The Bertz CT molecular complexity index is 530. The minimum atomic E-state index is -4.18. The largest absolute Gasteiger partial charge is 0.360 e. The number of ether oxygens (including phenoxy) is 1. The van der Waals surface area contributed by atoms with Gasteiger partial charge in [0.1, 0.15) is 11.0 Å². The van der Waals surface area contributed by atoms with Gasteiger partial charge in [-0.15, -0.1) is 0 Å². The maximum absolute atomic E-state index is 11.5. The average molecular weight is 286 g/mol. The van der Waals surface area contributed by atoms with Crippen LogP contribution in [-0.2, 0) is 14.9 Å². The van der Waals surface area contributed by atoms with Crippen LogP contribution in [-0.4, -0.2) is 36.3 Å². The first kappa shape index (κ1) is 14.4. The zero-order valence-corrected chi connectivity index (χ0v) is 11.7. The van der Waals surface area contributed by atoms with E-state index in [1.165, 1.54) is 6.20 Å². The lowest BCUT2D eigenvalue weighted by atomic mass is 10.1. The minimum absolute atomic E-state index is 0.123. The van der Waals surface area contributed by atoms with Crippen LogP contribution in [0.1, 0.15) is 31.1 Å². The summed E-state index contributed by atoms with van der Waals surface area (Å²) in [6.07, 6.45) is 3.26. The highest BCUT2D eigenvalue weighted by atomic mass is 32.2. The number of rotatable bonds is 4. The Kier molecular flexibility index (Phi) is 3.91. The topological polar surface area (TPSA) is 88.5 Å². The normalized spacial score (nSPS) is 24.3. The van der Waals surface area contributed by atoms with Gasteiger partial charge in [0.05, 0.1) is 6.61 Å². The van der Waals surface area contributed by atoms with Gasteiger partial charge in [0.15, 0.2) is 0 Å². The Morgan fingerprint density at radius 2 is 2.37 bits per heavy atom. The van der Waals surface area contributed by atoms with Crippen molar-refractivity contribution in [2.24, 2.45) is 0 Å². The Labute approximate surface area is 112 Å². The smallest absolute Gasteiger partial charge is 0.272 e. The van der Waals surface area contributed by atoms with Crippen LogP contribution < -0.4 is 5.32 Å². The van der Waals surface area contributed by atoms with Crippen molar-refractivity contribution in [3.05, 3.63) is 30.1 Å². The van der Waals surface area contributed by atoms with Crippen molar-refractivity contribution in [3.63, 3.8) is 0 Å². The minimum Gasteiger partial charge on any atom is -0.360 e. The van der Waals surface area contributed by atoms with Crippen molar-refractivity contribution in [2.75, 3.05) is 6.61 Å². The first-order chi connectivity index (χ1) is 8.78. The van der Waals surface area contributed by atoms with Gasteiger partial charge in [-0.05, 0) is 31.9 Å². The molecule has 0 saturated carbocycles. The lowest BCUT2D eigenvalue weighted by Gasteiger charge is -2.20. The maximum atomic E-state index is 11.5. The summed E-state index contributed by atoms with van der Waals surface area (Å²) in [5.74, 6) is 0. The zero-order valence-electron chi connectivity index (χ0n) is 10.9. The third-order valence-electron chi connectivity index (χ3n) is 3.11. The molecule has 6 nitrogen and oxygen atoms in total. The van der Waals surface area contributed by atoms with E-state index in [1.54, 1.807) is 18.3 Å². The predicted octanol–water partition coefficient (Wildman–Crippen LogP) is 1.13.